The molecule has 0 unspecified atom stereocenters. The van der Waals surface area contributed by atoms with E-state index in [1.807, 2.05) is 36.4 Å². The van der Waals surface area contributed by atoms with Gasteiger partial charge in [0.2, 0.25) is 0 Å². The summed E-state index contributed by atoms with van der Waals surface area (Å²) in [6, 6.07) is 17.7. The maximum Gasteiger partial charge on any atom is 0.416 e. The van der Waals surface area contributed by atoms with E-state index < -0.39 is 23.6 Å². The fraction of sp³-hybridized carbons (Fsp3) is 0.0435. The standard InChI is InChI=1S/C23H16F3NO3/c24-23(25,26)18-8-4-7-17(14-18)21(28)27-20-13-16(11-12-19(20)22(29)30)10-9-15-5-2-1-3-6-15/h1-14H,(H,27,28)(H,29,30). The molecular formula is C23H16F3NO3. The Balaban J connectivity index is 1.89. The van der Waals surface area contributed by atoms with Gasteiger partial charge in [0.25, 0.3) is 5.91 Å². The second kappa shape index (κ2) is 8.65. The van der Waals surface area contributed by atoms with E-state index in [-0.39, 0.29) is 16.8 Å². The number of nitrogens with one attached hydrogen (secondary N) is 1. The van der Waals surface area contributed by atoms with Crippen LogP contribution in [0.25, 0.3) is 12.2 Å². The van der Waals surface area contributed by atoms with Crippen LogP contribution in [0.3, 0.4) is 0 Å². The summed E-state index contributed by atoms with van der Waals surface area (Å²) in [6.07, 6.45) is -1.04. The molecule has 152 valence electrons. The second-order valence-electron chi connectivity index (χ2n) is 6.39. The van der Waals surface area contributed by atoms with Crippen LogP contribution in [-0.2, 0) is 6.18 Å². The summed E-state index contributed by atoms with van der Waals surface area (Å²) in [6.45, 7) is 0. The van der Waals surface area contributed by atoms with Gasteiger partial charge in [0, 0.05) is 5.56 Å². The first kappa shape index (κ1) is 20.9. The van der Waals surface area contributed by atoms with Gasteiger partial charge < -0.3 is 10.4 Å². The van der Waals surface area contributed by atoms with Crippen LogP contribution in [0.4, 0.5) is 18.9 Å². The minimum Gasteiger partial charge on any atom is -0.478 e. The molecule has 0 aromatic heterocycles. The quantitative estimate of drug-likeness (QED) is 0.520. The topological polar surface area (TPSA) is 66.4 Å². The van der Waals surface area contributed by atoms with Gasteiger partial charge >= 0.3 is 12.1 Å². The average molecular weight is 411 g/mol. The van der Waals surface area contributed by atoms with Crippen molar-refractivity contribution in [2.45, 2.75) is 6.18 Å². The molecule has 0 atom stereocenters. The van der Waals surface area contributed by atoms with Gasteiger partial charge in [-0.2, -0.15) is 13.2 Å². The van der Waals surface area contributed by atoms with E-state index in [0.29, 0.717) is 5.56 Å². The number of aromatic carboxylic acids is 1. The van der Waals surface area contributed by atoms with Crippen molar-refractivity contribution in [2.75, 3.05) is 5.32 Å². The summed E-state index contributed by atoms with van der Waals surface area (Å²) in [5.41, 5.74) is 0.157. The zero-order valence-corrected chi connectivity index (χ0v) is 15.5. The number of carboxylic acid groups (broad SMARTS) is 1. The highest BCUT2D eigenvalue weighted by Crippen LogP contribution is 2.30. The first-order valence-electron chi connectivity index (χ1n) is 8.83. The monoisotopic (exact) mass is 411 g/mol. The number of hydrogen-bond acceptors (Lipinski definition) is 2. The molecule has 3 aromatic rings. The zero-order chi connectivity index (χ0) is 21.7. The number of rotatable bonds is 5. The van der Waals surface area contributed by atoms with Crippen LogP contribution in [0.5, 0.6) is 0 Å². The summed E-state index contributed by atoms with van der Waals surface area (Å²) < 4.78 is 38.7. The fourth-order valence-electron chi connectivity index (χ4n) is 2.74. The first-order valence-corrected chi connectivity index (χ1v) is 8.83. The van der Waals surface area contributed by atoms with Gasteiger partial charge in [-0.05, 0) is 41.5 Å². The Hall–Kier alpha value is -3.87. The van der Waals surface area contributed by atoms with Crippen molar-refractivity contribution < 1.29 is 27.9 Å². The lowest BCUT2D eigenvalue weighted by Gasteiger charge is -2.11. The number of carboxylic acids is 1. The average Bonchev–Trinajstić information content (AvgIpc) is 2.72. The Morgan fingerprint density at radius 3 is 2.20 bits per heavy atom. The highest BCUT2D eigenvalue weighted by atomic mass is 19.4. The summed E-state index contributed by atoms with van der Waals surface area (Å²) in [5.74, 6) is -2.11. The Bertz CT molecular complexity index is 1110. The van der Waals surface area contributed by atoms with Crippen LogP contribution in [0, 0.1) is 0 Å². The minimum absolute atomic E-state index is 0.0138. The van der Waals surface area contributed by atoms with Gasteiger partial charge in [0.1, 0.15) is 0 Å². The number of amides is 1. The van der Waals surface area contributed by atoms with Gasteiger partial charge in [-0.25, -0.2) is 4.79 Å². The van der Waals surface area contributed by atoms with Crippen LogP contribution in [0.2, 0.25) is 0 Å². The molecule has 0 saturated carbocycles. The molecule has 3 rings (SSSR count). The summed E-state index contributed by atoms with van der Waals surface area (Å²) >= 11 is 0. The van der Waals surface area contributed by atoms with Crippen LogP contribution in [0.15, 0.2) is 72.8 Å². The molecule has 7 heteroatoms. The molecular weight excluding hydrogens is 395 g/mol. The minimum atomic E-state index is -4.59. The predicted molar refractivity (Wildman–Crippen MR) is 108 cm³/mol. The van der Waals surface area contributed by atoms with Gasteiger partial charge in [0.05, 0.1) is 16.8 Å². The Kier molecular flexibility index (Phi) is 6.01. The molecule has 0 aliphatic rings. The molecule has 0 aliphatic carbocycles. The maximum atomic E-state index is 12.9. The normalized spacial score (nSPS) is 11.4. The van der Waals surface area contributed by atoms with E-state index in [4.69, 9.17) is 0 Å². The summed E-state index contributed by atoms with van der Waals surface area (Å²) in [7, 11) is 0. The van der Waals surface area contributed by atoms with E-state index in [1.165, 1.54) is 18.2 Å². The number of halogens is 3. The van der Waals surface area contributed by atoms with Crippen LogP contribution >= 0.6 is 0 Å². The molecule has 0 bridgehead atoms. The van der Waals surface area contributed by atoms with Crippen molar-refractivity contribution in [3.8, 4) is 0 Å². The highest BCUT2D eigenvalue weighted by molar-refractivity contribution is 6.08. The van der Waals surface area contributed by atoms with E-state index in [2.05, 4.69) is 5.32 Å². The molecule has 0 aliphatic heterocycles. The third kappa shape index (κ3) is 5.14. The van der Waals surface area contributed by atoms with Crippen molar-refractivity contribution in [3.63, 3.8) is 0 Å². The molecule has 1 amide bonds. The van der Waals surface area contributed by atoms with Crippen LogP contribution in [-0.4, -0.2) is 17.0 Å². The van der Waals surface area contributed by atoms with Gasteiger partial charge in [-0.1, -0.05) is 54.6 Å². The Morgan fingerprint density at radius 1 is 0.833 bits per heavy atom. The SMILES string of the molecule is O=C(Nc1cc(C=Cc2ccccc2)ccc1C(=O)O)c1cccc(C(F)(F)F)c1. The van der Waals surface area contributed by atoms with Crippen molar-refractivity contribution in [3.05, 3.63) is 101 Å². The molecule has 0 saturated heterocycles. The number of alkyl halides is 3. The third-order valence-corrected chi connectivity index (χ3v) is 4.24. The lowest BCUT2D eigenvalue weighted by molar-refractivity contribution is -0.137. The van der Waals surface area contributed by atoms with Crippen molar-refractivity contribution in [1.29, 1.82) is 0 Å². The van der Waals surface area contributed by atoms with E-state index >= 15 is 0 Å². The zero-order valence-electron chi connectivity index (χ0n) is 15.5. The Labute approximate surface area is 170 Å². The van der Waals surface area contributed by atoms with Gasteiger partial charge in [-0.15, -0.1) is 0 Å². The van der Waals surface area contributed by atoms with Crippen molar-refractivity contribution in [2.24, 2.45) is 0 Å². The fourth-order valence-corrected chi connectivity index (χ4v) is 2.74. The number of carbonyl (C=O) groups is 2. The molecule has 3 aromatic carbocycles. The van der Waals surface area contributed by atoms with E-state index in [0.717, 1.165) is 23.8 Å². The predicted octanol–water partition coefficient (Wildman–Crippen LogP) is 5.83. The molecule has 4 nitrogen and oxygen atoms in total. The molecule has 0 fully saturated rings. The first-order chi connectivity index (χ1) is 14.2. The number of carbonyl (C=O) groups excluding carboxylic acids is 1. The van der Waals surface area contributed by atoms with Crippen molar-refractivity contribution in [1.82, 2.24) is 0 Å². The molecule has 0 heterocycles. The summed E-state index contributed by atoms with van der Waals surface area (Å²) in [4.78, 5) is 24.0. The maximum absolute atomic E-state index is 12.9. The van der Waals surface area contributed by atoms with Crippen LogP contribution < -0.4 is 5.32 Å². The molecule has 0 spiro atoms. The van der Waals surface area contributed by atoms with E-state index in [1.54, 1.807) is 12.1 Å². The second-order valence-corrected chi connectivity index (χ2v) is 6.39. The third-order valence-electron chi connectivity index (χ3n) is 4.24. The number of anilines is 1. The molecule has 0 radical (unpaired) electrons. The van der Waals surface area contributed by atoms with E-state index in [9.17, 15) is 27.9 Å². The lowest BCUT2D eigenvalue weighted by atomic mass is 10.1. The smallest absolute Gasteiger partial charge is 0.416 e. The highest BCUT2D eigenvalue weighted by Gasteiger charge is 2.31. The molecule has 30 heavy (non-hydrogen) atoms. The molecule has 2 N–H and O–H groups in total. The van der Waals surface area contributed by atoms with Gasteiger partial charge in [0.15, 0.2) is 0 Å². The van der Waals surface area contributed by atoms with Crippen molar-refractivity contribution >= 4 is 29.7 Å². The number of hydrogen-bond donors (Lipinski definition) is 2. The lowest BCUT2D eigenvalue weighted by Crippen LogP contribution is -2.16. The summed E-state index contributed by atoms with van der Waals surface area (Å²) in [5, 5.41) is 11.8. The van der Waals surface area contributed by atoms with Gasteiger partial charge in [-0.3, -0.25) is 4.79 Å². The number of benzene rings is 3. The van der Waals surface area contributed by atoms with Crippen LogP contribution in [0.1, 0.15) is 37.4 Å². The largest absolute Gasteiger partial charge is 0.478 e. The Morgan fingerprint density at radius 2 is 1.53 bits per heavy atom.